The summed E-state index contributed by atoms with van der Waals surface area (Å²) in [5.41, 5.74) is 9.68. The van der Waals surface area contributed by atoms with Crippen molar-refractivity contribution in [1.82, 2.24) is 9.97 Å². The first-order valence-electron chi connectivity index (χ1n) is 10.3. The number of hydrogen-bond donors (Lipinski definition) is 3. The van der Waals surface area contributed by atoms with Gasteiger partial charge in [0.25, 0.3) is 0 Å². The van der Waals surface area contributed by atoms with Crippen LogP contribution in [-0.2, 0) is 0 Å². The number of carbonyl (C=O) groups is 1. The van der Waals surface area contributed by atoms with Crippen molar-refractivity contribution in [2.24, 2.45) is 10.7 Å². The van der Waals surface area contributed by atoms with Crippen LogP contribution < -0.4 is 10.5 Å². The van der Waals surface area contributed by atoms with E-state index in [9.17, 15) is 9.90 Å². The van der Waals surface area contributed by atoms with Crippen LogP contribution in [0.25, 0.3) is 11.0 Å². The molecular formula is C25H24N4O3. The summed E-state index contributed by atoms with van der Waals surface area (Å²) in [4.78, 5) is 24.6. The standard InChI is InChI=1S/C25H24N4O3/c1-2-15-27-22(16-7-11-18(30)12-8-16)24(26)32-19-13-9-17(10-14-19)23(31)25-28-20-5-3-4-6-21(20)29-25/h2-7,9-10,13-15,18,30H,1,8,11-12,26H2,(H,28,29)/b24-22+,27-15-/t18-/m0/s1. The van der Waals surface area contributed by atoms with Gasteiger partial charge in [0.05, 0.1) is 17.1 Å². The molecule has 32 heavy (non-hydrogen) atoms. The monoisotopic (exact) mass is 428 g/mol. The Bertz CT molecular complexity index is 1200. The molecule has 0 saturated heterocycles. The minimum Gasteiger partial charge on any atom is -0.439 e. The molecule has 2 aromatic carbocycles. The second-order valence-corrected chi connectivity index (χ2v) is 7.44. The Morgan fingerprint density at radius 2 is 2.03 bits per heavy atom. The summed E-state index contributed by atoms with van der Waals surface area (Å²) in [5.74, 6) is 0.693. The van der Waals surface area contributed by atoms with Crippen molar-refractivity contribution in [3.05, 3.63) is 95.8 Å². The minimum absolute atomic E-state index is 0.141. The van der Waals surface area contributed by atoms with Gasteiger partial charge in [0.2, 0.25) is 11.7 Å². The first-order chi connectivity index (χ1) is 15.5. The predicted molar refractivity (Wildman–Crippen MR) is 124 cm³/mol. The summed E-state index contributed by atoms with van der Waals surface area (Å²) in [6, 6.07) is 14.2. The fraction of sp³-hybridized carbons (Fsp3) is 0.160. The number of H-pyrrole nitrogens is 1. The Morgan fingerprint density at radius 1 is 1.25 bits per heavy atom. The molecule has 1 aliphatic rings. The highest BCUT2D eigenvalue weighted by Gasteiger charge is 2.18. The Morgan fingerprint density at radius 3 is 2.72 bits per heavy atom. The highest BCUT2D eigenvalue weighted by Crippen LogP contribution is 2.27. The zero-order valence-electron chi connectivity index (χ0n) is 17.5. The van der Waals surface area contributed by atoms with Crippen LogP contribution in [0.4, 0.5) is 0 Å². The molecule has 1 aliphatic carbocycles. The Hall–Kier alpha value is -3.97. The van der Waals surface area contributed by atoms with Gasteiger partial charge >= 0.3 is 0 Å². The Labute approximate surface area is 185 Å². The van der Waals surface area contributed by atoms with Gasteiger partial charge in [-0.2, -0.15) is 0 Å². The minimum atomic E-state index is -0.345. The van der Waals surface area contributed by atoms with Crippen molar-refractivity contribution < 1.29 is 14.6 Å². The van der Waals surface area contributed by atoms with Gasteiger partial charge < -0.3 is 20.6 Å². The molecule has 0 aliphatic heterocycles. The van der Waals surface area contributed by atoms with E-state index in [-0.39, 0.29) is 23.6 Å². The van der Waals surface area contributed by atoms with Crippen LogP contribution in [-0.4, -0.2) is 33.2 Å². The van der Waals surface area contributed by atoms with Gasteiger partial charge in [-0.1, -0.05) is 30.9 Å². The predicted octanol–water partition coefficient (Wildman–Crippen LogP) is 4.03. The summed E-state index contributed by atoms with van der Waals surface area (Å²) < 4.78 is 5.81. The second kappa shape index (κ2) is 9.45. The van der Waals surface area contributed by atoms with Crippen LogP contribution in [0.2, 0.25) is 0 Å². The zero-order valence-corrected chi connectivity index (χ0v) is 17.5. The lowest BCUT2D eigenvalue weighted by molar-refractivity contribution is 0.103. The lowest BCUT2D eigenvalue weighted by atomic mass is 9.95. The normalized spacial score (nSPS) is 17.2. The number of ether oxygens (including phenoxy) is 1. The highest BCUT2D eigenvalue weighted by atomic mass is 16.5. The van der Waals surface area contributed by atoms with E-state index in [1.54, 1.807) is 36.6 Å². The van der Waals surface area contributed by atoms with Gasteiger partial charge in [0.15, 0.2) is 5.82 Å². The van der Waals surface area contributed by atoms with Gasteiger partial charge in [-0.25, -0.2) is 4.98 Å². The number of hydrogen-bond acceptors (Lipinski definition) is 6. The molecule has 0 amide bonds. The number of allylic oxidation sites excluding steroid dienone is 2. The summed E-state index contributed by atoms with van der Waals surface area (Å²) in [5, 5.41) is 9.74. The van der Waals surface area contributed by atoms with Gasteiger partial charge in [-0.3, -0.25) is 9.79 Å². The Balaban J connectivity index is 1.54. The maximum Gasteiger partial charge on any atom is 0.228 e. The van der Waals surface area contributed by atoms with Crippen LogP contribution in [0, 0.1) is 0 Å². The number of aliphatic hydroxyl groups is 1. The smallest absolute Gasteiger partial charge is 0.228 e. The quantitative estimate of drug-likeness (QED) is 0.299. The average molecular weight is 428 g/mol. The number of aliphatic imine (C=N–C) groups is 1. The highest BCUT2D eigenvalue weighted by molar-refractivity contribution is 6.08. The molecular weight excluding hydrogens is 404 g/mol. The lowest BCUT2D eigenvalue weighted by Crippen LogP contribution is -2.15. The molecule has 0 spiro atoms. The number of nitrogens with one attached hydrogen (secondary N) is 1. The number of imidazole rings is 1. The van der Waals surface area contributed by atoms with Gasteiger partial charge in [0.1, 0.15) is 11.4 Å². The first-order valence-corrected chi connectivity index (χ1v) is 10.3. The van der Waals surface area contributed by atoms with E-state index in [0.29, 0.717) is 36.3 Å². The topological polar surface area (TPSA) is 114 Å². The van der Waals surface area contributed by atoms with Gasteiger partial charge in [-0.05, 0) is 61.2 Å². The third-order valence-electron chi connectivity index (χ3n) is 5.18. The van der Waals surface area contributed by atoms with Gasteiger partial charge in [0, 0.05) is 11.8 Å². The summed E-state index contributed by atoms with van der Waals surface area (Å²) >= 11 is 0. The molecule has 7 heteroatoms. The van der Waals surface area contributed by atoms with Crippen molar-refractivity contribution in [3.63, 3.8) is 0 Å². The summed E-state index contributed by atoms with van der Waals surface area (Å²) in [6.07, 6.45) is 6.53. The van der Waals surface area contributed by atoms with Crippen LogP contribution >= 0.6 is 0 Å². The van der Waals surface area contributed by atoms with E-state index in [2.05, 4.69) is 21.5 Å². The fourth-order valence-electron chi connectivity index (χ4n) is 3.51. The number of ketones is 1. The third-order valence-corrected chi connectivity index (χ3v) is 5.18. The zero-order chi connectivity index (χ0) is 22.5. The average Bonchev–Trinajstić information content (AvgIpc) is 3.25. The van der Waals surface area contributed by atoms with E-state index < -0.39 is 0 Å². The molecule has 0 fully saturated rings. The fourth-order valence-corrected chi connectivity index (χ4v) is 3.51. The van der Waals surface area contributed by atoms with E-state index in [1.807, 2.05) is 30.3 Å². The number of aromatic amines is 1. The van der Waals surface area contributed by atoms with Crippen LogP contribution in [0.5, 0.6) is 5.75 Å². The second-order valence-electron chi connectivity index (χ2n) is 7.44. The number of nitrogens with zero attached hydrogens (tertiary/aromatic N) is 2. The van der Waals surface area contributed by atoms with Crippen molar-refractivity contribution in [1.29, 1.82) is 0 Å². The number of para-hydroxylation sites is 2. The maximum absolute atomic E-state index is 12.8. The Kier molecular flexibility index (Phi) is 6.28. The first kappa shape index (κ1) is 21.3. The largest absolute Gasteiger partial charge is 0.439 e. The molecule has 7 nitrogen and oxygen atoms in total. The van der Waals surface area contributed by atoms with Crippen LogP contribution in [0.15, 0.2) is 89.4 Å². The molecule has 0 saturated carbocycles. The van der Waals surface area contributed by atoms with Crippen molar-refractivity contribution in [2.75, 3.05) is 0 Å². The summed E-state index contributed by atoms with van der Waals surface area (Å²) in [7, 11) is 0. The van der Waals surface area contributed by atoms with E-state index in [1.165, 1.54) is 0 Å². The number of nitrogens with two attached hydrogens (primary N) is 1. The molecule has 3 aromatic rings. The molecule has 1 heterocycles. The third kappa shape index (κ3) is 4.68. The molecule has 0 bridgehead atoms. The lowest BCUT2D eigenvalue weighted by Gasteiger charge is -2.19. The van der Waals surface area contributed by atoms with E-state index in [4.69, 9.17) is 10.5 Å². The van der Waals surface area contributed by atoms with Gasteiger partial charge in [-0.15, -0.1) is 0 Å². The molecule has 0 unspecified atom stereocenters. The number of fused-ring (bicyclic) bond motifs is 1. The molecule has 162 valence electrons. The molecule has 1 atom stereocenters. The molecule has 4 N–H and O–H groups in total. The number of aromatic nitrogens is 2. The summed E-state index contributed by atoms with van der Waals surface area (Å²) in [6.45, 7) is 3.65. The van der Waals surface area contributed by atoms with E-state index >= 15 is 0 Å². The number of benzene rings is 2. The van der Waals surface area contributed by atoms with E-state index in [0.717, 1.165) is 16.6 Å². The van der Waals surface area contributed by atoms with Crippen molar-refractivity contribution in [3.8, 4) is 5.75 Å². The molecule has 0 radical (unpaired) electrons. The number of rotatable bonds is 7. The maximum atomic E-state index is 12.8. The SMILES string of the molecule is C=C/C=N\C(C1=CC[C@H](O)CC1)=C(/N)Oc1ccc(C(=O)c2nc3ccccc3[nH]2)cc1. The van der Waals surface area contributed by atoms with Crippen LogP contribution in [0.3, 0.4) is 0 Å². The number of carbonyl (C=O) groups excluding carboxylic acids is 1. The van der Waals surface area contributed by atoms with Crippen molar-refractivity contribution in [2.45, 2.75) is 25.4 Å². The van der Waals surface area contributed by atoms with Crippen LogP contribution in [0.1, 0.15) is 35.4 Å². The number of aliphatic hydroxyl groups excluding tert-OH is 1. The molecule has 4 rings (SSSR count). The van der Waals surface area contributed by atoms with Crippen molar-refractivity contribution >= 4 is 23.0 Å². The molecule has 1 aromatic heterocycles.